The molecule has 146 valence electrons. The number of carbonyl (C=O) groups excluding carboxylic acids is 1. The maximum absolute atomic E-state index is 13.2. The molecule has 1 aliphatic rings. The summed E-state index contributed by atoms with van der Waals surface area (Å²) in [6, 6.07) is 9.73. The topological polar surface area (TPSA) is 84.2 Å². The number of carbonyl (C=O) groups is 1. The minimum absolute atomic E-state index is 0.0532. The second kappa shape index (κ2) is 7.19. The van der Waals surface area contributed by atoms with E-state index in [4.69, 9.17) is 10.5 Å². The van der Waals surface area contributed by atoms with Crippen molar-refractivity contribution < 1.29 is 9.53 Å². The molecule has 0 bridgehead atoms. The zero-order valence-corrected chi connectivity index (χ0v) is 16.6. The van der Waals surface area contributed by atoms with Gasteiger partial charge >= 0.3 is 0 Å². The molecule has 3 aromatic rings. The molecule has 2 heterocycles. The Labute approximate surface area is 164 Å². The Bertz CT molecular complexity index is 1040. The first-order chi connectivity index (χ1) is 13.5. The summed E-state index contributed by atoms with van der Waals surface area (Å²) in [6.07, 6.45) is 0.968. The first kappa shape index (κ1) is 18.3. The minimum Gasteiger partial charge on any atom is -0.494 e. The lowest BCUT2D eigenvalue weighted by Gasteiger charge is -2.17. The fraction of sp³-hybridized carbons (Fsp3) is 0.364. The van der Waals surface area contributed by atoms with Gasteiger partial charge in [0, 0.05) is 29.9 Å². The number of ether oxygens (including phenoxy) is 1. The maximum Gasteiger partial charge on any atom is 0.256 e. The third kappa shape index (κ3) is 3.19. The summed E-state index contributed by atoms with van der Waals surface area (Å²) in [5.74, 6) is 1.09. The highest BCUT2D eigenvalue weighted by atomic mass is 16.5. The second-order valence-corrected chi connectivity index (χ2v) is 7.69. The smallest absolute Gasteiger partial charge is 0.256 e. The summed E-state index contributed by atoms with van der Waals surface area (Å²) in [6.45, 7) is 8.13. The Hall–Kier alpha value is -3.02. The number of benzene rings is 2. The van der Waals surface area contributed by atoms with Gasteiger partial charge in [0.15, 0.2) is 0 Å². The van der Waals surface area contributed by atoms with Gasteiger partial charge in [0.25, 0.3) is 5.91 Å². The number of rotatable bonds is 5. The van der Waals surface area contributed by atoms with Crippen molar-refractivity contribution in [2.24, 2.45) is 0 Å². The third-order valence-electron chi connectivity index (χ3n) is 5.22. The highest BCUT2D eigenvalue weighted by Gasteiger charge is 2.27. The van der Waals surface area contributed by atoms with E-state index in [0.29, 0.717) is 30.9 Å². The summed E-state index contributed by atoms with van der Waals surface area (Å²) in [5.41, 5.74) is 11.3. The largest absolute Gasteiger partial charge is 0.494 e. The molecule has 0 unspecified atom stereocenters. The van der Waals surface area contributed by atoms with E-state index in [-0.39, 0.29) is 11.8 Å². The number of aromatic amines is 1. The number of nitrogens with zero attached hydrogens (tertiary/aromatic N) is 2. The average molecular weight is 378 g/mol. The second-order valence-electron chi connectivity index (χ2n) is 7.69. The number of hydrogen-bond acceptors (Lipinski definition) is 4. The number of hydrogen-bond donors (Lipinski definition) is 2. The molecule has 0 fully saturated rings. The van der Waals surface area contributed by atoms with Crippen LogP contribution in [0.25, 0.3) is 10.9 Å². The van der Waals surface area contributed by atoms with Crippen molar-refractivity contribution in [2.45, 2.75) is 46.2 Å². The molecule has 0 saturated heterocycles. The number of nitrogens with one attached hydrogen (secondary N) is 1. The molecule has 4 rings (SSSR count). The number of H-pyrrole nitrogens is 1. The Morgan fingerprint density at radius 1 is 1.25 bits per heavy atom. The van der Waals surface area contributed by atoms with Crippen molar-refractivity contribution >= 4 is 22.5 Å². The summed E-state index contributed by atoms with van der Waals surface area (Å²) in [4.78, 5) is 15.1. The molecule has 0 atom stereocenters. The summed E-state index contributed by atoms with van der Waals surface area (Å²) >= 11 is 0. The molecule has 0 spiro atoms. The van der Waals surface area contributed by atoms with E-state index in [1.807, 2.05) is 29.2 Å². The molecule has 1 amide bonds. The van der Waals surface area contributed by atoms with E-state index in [1.54, 1.807) is 6.07 Å². The van der Waals surface area contributed by atoms with Crippen LogP contribution in [0.3, 0.4) is 0 Å². The van der Waals surface area contributed by atoms with Gasteiger partial charge in [-0.25, -0.2) is 0 Å². The Kier molecular flexibility index (Phi) is 4.71. The fourth-order valence-electron chi connectivity index (χ4n) is 3.71. The molecule has 3 N–H and O–H groups in total. The van der Waals surface area contributed by atoms with Crippen molar-refractivity contribution in [3.05, 3.63) is 52.7 Å². The van der Waals surface area contributed by atoms with Crippen molar-refractivity contribution in [1.29, 1.82) is 0 Å². The van der Waals surface area contributed by atoms with Crippen LogP contribution in [-0.4, -0.2) is 27.6 Å². The van der Waals surface area contributed by atoms with E-state index in [9.17, 15) is 4.79 Å². The van der Waals surface area contributed by atoms with Crippen LogP contribution in [0.4, 0.5) is 5.69 Å². The normalized spacial score (nSPS) is 13.4. The molecule has 1 aliphatic heterocycles. The predicted octanol–water partition coefficient (Wildman–Crippen LogP) is 4.21. The van der Waals surface area contributed by atoms with Gasteiger partial charge in [0.2, 0.25) is 0 Å². The van der Waals surface area contributed by atoms with Crippen LogP contribution < -0.4 is 10.5 Å². The van der Waals surface area contributed by atoms with Gasteiger partial charge in [-0.3, -0.25) is 9.89 Å². The molecule has 1 aromatic heterocycles. The van der Waals surface area contributed by atoms with Gasteiger partial charge in [0.1, 0.15) is 5.75 Å². The molecule has 28 heavy (non-hydrogen) atoms. The quantitative estimate of drug-likeness (QED) is 0.651. The first-order valence-electron chi connectivity index (χ1n) is 9.79. The van der Waals surface area contributed by atoms with Crippen LogP contribution in [-0.2, 0) is 13.1 Å². The Morgan fingerprint density at radius 3 is 2.79 bits per heavy atom. The SMILES string of the molecule is CCCOc1ccc2c(c1)CN(C(=O)c1cc3c(C(C)C)[nH]nc3cc1N)C2. The number of nitrogen functional groups attached to an aromatic ring is 1. The monoisotopic (exact) mass is 378 g/mol. The number of amides is 1. The summed E-state index contributed by atoms with van der Waals surface area (Å²) in [5, 5.41) is 8.35. The van der Waals surface area contributed by atoms with Crippen LogP contribution in [0.2, 0.25) is 0 Å². The first-order valence-corrected chi connectivity index (χ1v) is 9.79. The zero-order chi connectivity index (χ0) is 19.8. The maximum atomic E-state index is 13.2. The molecule has 6 heteroatoms. The van der Waals surface area contributed by atoms with Crippen molar-refractivity contribution in [3.63, 3.8) is 0 Å². The van der Waals surface area contributed by atoms with Crippen LogP contribution in [0, 0.1) is 0 Å². The van der Waals surface area contributed by atoms with Crippen LogP contribution in [0.15, 0.2) is 30.3 Å². The number of fused-ring (bicyclic) bond motifs is 2. The van der Waals surface area contributed by atoms with E-state index < -0.39 is 0 Å². The van der Waals surface area contributed by atoms with E-state index in [2.05, 4.69) is 31.0 Å². The number of anilines is 1. The lowest BCUT2D eigenvalue weighted by atomic mass is 10.0. The molecule has 0 saturated carbocycles. The Morgan fingerprint density at radius 2 is 2.04 bits per heavy atom. The van der Waals surface area contributed by atoms with Gasteiger partial charge in [-0.05, 0) is 47.7 Å². The third-order valence-corrected chi connectivity index (χ3v) is 5.22. The summed E-state index contributed by atoms with van der Waals surface area (Å²) in [7, 11) is 0. The van der Waals surface area contributed by atoms with Crippen molar-refractivity contribution in [2.75, 3.05) is 12.3 Å². The molecular formula is C22H26N4O2. The molecule has 0 radical (unpaired) electrons. The zero-order valence-electron chi connectivity index (χ0n) is 16.6. The summed E-state index contributed by atoms with van der Waals surface area (Å²) < 4.78 is 5.72. The van der Waals surface area contributed by atoms with Gasteiger partial charge in [-0.1, -0.05) is 26.8 Å². The lowest BCUT2D eigenvalue weighted by Crippen LogP contribution is -2.26. The average Bonchev–Trinajstić information content (AvgIpc) is 3.28. The van der Waals surface area contributed by atoms with E-state index >= 15 is 0 Å². The van der Waals surface area contributed by atoms with Crippen molar-refractivity contribution in [1.82, 2.24) is 15.1 Å². The fourth-order valence-corrected chi connectivity index (χ4v) is 3.71. The van der Waals surface area contributed by atoms with Crippen LogP contribution >= 0.6 is 0 Å². The molecular weight excluding hydrogens is 352 g/mol. The van der Waals surface area contributed by atoms with Gasteiger partial charge in [-0.2, -0.15) is 5.10 Å². The molecule has 0 aliphatic carbocycles. The number of nitrogens with two attached hydrogens (primary N) is 1. The predicted molar refractivity (Wildman–Crippen MR) is 110 cm³/mol. The minimum atomic E-state index is -0.0532. The standard InChI is InChI=1S/C22H26N4O2/c1-4-7-28-16-6-5-14-11-26(12-15(14)8-16)22(27)17-9-18-20(10-19(17)23)24-25-21(18)13(2)3/h5-6,8-10,13H,4,7,11-12,23H2,1-3H3,(H,24,25). The lowest BCUT2D eigenvalue weighted by molar-refractivity contribution is 0.0752. The van der Waals surface area contributed by atoms with Gasteiger partial charge < -0.3 is 15.4 Å². The highest BCUT2D eigenvalue weighted by molar-refractivity contribution is 6.04. The highest BCUT2D eigenvalue weighted by Crippen LogP contribution is 2.31. The van der Waals surface area contributed by atoms with Gasteiger partial charge in [0.05, 0.1) is 17.7 Å². The van der Waals surface area contributed by atoms with Crippen LogP contribution in [0.1, 0.15) is 60.3 Å². The Balaban J connectivity index is 1.61. The molecule has 2 aromatic carbocycles. The van der Waals surface area contributed by atoms with E-state index in [1.165, 1.54) is 0 Å². The van der Waals surface area contributed by atoms with E-state index in [0.717, 1.165) is 39.9 Å². The van der Waals surface area contributed by atoms with Crippen molar-refractivity contribution in [3.8, 4) is 5.75 Å². The van der Waals surface area contributed by atoms with Gasteiger partial charge in [-0.15, -0.1) is 0 Å². The molecule has 6 nitrogen and oxygen atoms in total. The van der Waals surface area contributed by atoms with Crippen LogP contribution in [0.5, 0.6) is 5.75 Å². The number of aromatic nitrogens is 2.